The predicted molar refractivity (Wildman–Crippen MR) is 293 cm³/mol. The van der Waals surface area contributed by atoms with Gasteiger partial charge >= 0.3 is 17.9 Å². The third kappa shape index (κ3) is 54.1. The first-order valence-electron chi connectivity index (χ1n) is 29.3. The lowest BCUT2D eigenvalue weighted by atomic mass is 10.0. The Morgan fingerprint density at radius 2 is 0.544 bits per heavy atom. The number of carbonyl (C=O) groups excluding carboxylic acids is 3. The highest BCUT2D eigenvalue weighted by atomic mass is 16.6. The van der Waals surface area contributed by atoms with Crippen molar-refractivity contribution in [2.75, 3.05) is 13.2 Å². The van der Waals surface area contributed by atoms with Gasteiger partial charge in [-0.15, -0.1) is 0 Å². The lowest BCUT2D eigenvalue weighted by molar-refractivity contribution is -0.167. The van der Waals surface area contributed by atoms with Crippen LogP contribution in [-0.2, 0) is 28.6 Å². The van der Waals surface area contributed by atoms with Gasteiger partial charge in [0.05, 0.1) is 0 Å². The molecule has 1 atom stereocenters. The van der Waals surface area contributed by atoms with E-state index in [9.17, 15) is 14.4 Å². The first-order chi connectivity index (χ1) is 33.5. The number of ether oxygens (including phenoxy) is 3. The zero-order valence-corrected chi connectivity index (χ0v) is 45.1. The van der Waals surface area contributed by atoms with Crippen LogP contribution in [0, 0.1) is 0 Å². The highest BCUT2D eigenvalue weighted by Gasteiger charge is 2.19. The first kappa shape index (κ1) is 65.1. The topological polar surface area (TPSA) is 78.9 Å². The standard InChI is InChI=1S/C62H110O6/c1-4-7-10-13-16-19-21-23-25-26-27-28-29-30-31-32-33-34-35-36-37-39-40-43-46-49-52-55-61(64)67-58-59(57-66-60(63)54-51-48-45-42-18-15-12-9-6-3)68-62(65)56-53-50-47-44-41-38-24-22-20-17-14-11-8-5-2/h14,17,21-24,26-27,29-30,59H,4-13,15-16,18-20,25,28,31-58H2,1-3H3/b17-14-,23-21-,24-22-,27-26-,30-29-. The van der Waals surface area contributed by atoms with Crippen LogP contribution in [-0.4, -0.2) is 37.2 Å². The summed E-state index contributed by atoms with van der Waals surface area (Å²) in [5.74, 6) is -0.888. The van der Waals surface area contributed by atoms with Crippen LogP contribution in [0.3, 0.4) is 0 Å². The molecule has 6 heteroatoms. The lowest BCUT2D eigenvalue weighted by Gasteiger charge is -2.18. The van der Waals surface area contributed by atoms with Crippen LogP contribution in [0.2, 0.25) is 0 Å². The Labute approximate surface area is 421 Å². The Balaban J connectivity index is 4.17. The van der Waals surface area contributed by atoms with Crippen LogP contribution in [0.25, 0.3) is 0 Å². The number of esters is 3. The van der Waals surface area contributed by atoms with Gasteiger partial charge in [0, 0.05) is 19.3 Å². The van der Waals surface area contributed by atoms with Crippen molar-refractivity contribution in [1.29, 1.82) is 0 Å². The maximum atomic E-state index is 12.8. The van der Waals surface area contributed by atoms with Gasteiger partial charge in [0.15, 0.2) is 6.10 Å². The summed E-state index contributed by atoms with van der Waals surface area (Å²) in [7, 11) is 0. The Morgan fingerprint density at radius 1 is 0.294 bits per heavy atom. The van der Waals surface area contributed by atoms with Crippen molar-refractivity contribution in [3.05, 3.63) is 60.8 Å². The molecular weight excluding hydrogens is 841 g/mol. The molecule has 6 nitrogen and oxygen atoms in total. The molecule has 0 saturated carbocycles. The zero-order valence-electron chi connectivity index (χ0n) is 45.1. The van der Waals surface area contributed by atoms with Gasteiger partial charge < -0.3 is 14.2 Å². The van der Waals surface area contributed by atoms with E-state index in [0.717, 1.165) is 96.3 Å². The van der Waals surface area contributed by atoms with Crippen molar-refractivity contribution in [1.82, 2.24) is 0 Å². The van der Waals surface area contributed by atoms with E-state index in [-0.39, 0.29) is 31.1 Å². The molecule has 0 aromatic rings. The monoisotopic (exact) mass is 951 g/mol. The van der Waals surface area contributed by atoms with Crippen molar-refractivity contribution >= 4 is 17.9 Å². The number of rotatable bonds is 53. The van der Waals surface area contributed by atoms with Crippen LogP contribution in [0.5, 0.6) is 0 Å². The molecule has 0 spiro atoms. The largest absolute Gasteiger partial charge is 0.462 e. The molecular formula is C62H110O6. The van der Waals surface area contributed by atoms with Crippen LogP contribution in [0.1, 0.15) is 297 Å². The number of allylic oxidation sites excluding steroid dienone is 10. The third-order valence-corrected chi connectivity index (χ3v) is 12.7. The maximum Gasteiger partial charge on any atom is 0.306 e. The van der Waals surface area contributed by atoms with Crippen molar-refractivity contribution < 1.29 is 28.6 Å². The molecule has 0 radical (unpaired) electrons. The molecule has 0 aromatic heterocycles. The second-order valence-corrected chi connectivity index (χ2v) is 19.6. The highest BCUT2D eigenvalue weighted by Crippen LogP contribution is 2.16. The number of carbonyl (C=O) groups is 3. The fourth-order valence-electron chi connectivity index (χ4n) is 8.29. The summed E-state index contributed by atoms with van der Waals surface area (Å²) >= 11 is 0. The quantitative estimate of drug-likeness (QED) is 0.0262. The molecule has 394 valence electrons. The molecule has 0 N–H and O–H groups in total. The molecule has 0 heterocycles. The maximum absolute atomic E-state index is 12.8. The van der Waals surface area contributed by atoms with Gasteiger partial charge in [0.2, 0.25) is 0 Å². The molecule has 68 heavy (non-hydrogen) atoms. The van der Waals surface area contributed by atoms with Gasteiger partial charge in [-0.2, -0.15) is 0 Å². The molecule has 0 aliphatic heterocycles. The SMILES string of the molecule is CCCC/C=C\C/C=C\CCCCCCCC(=O)OC(COC(=O)CCCCCCCCCCC)COC(=O)CCCCCCCCCCCCCC/C=C\C/C=C\C/C=C\CCCCCCC. The first-order valence-corrected chi connectivity index (χ1v) is 29.3. The second kappa shape index (κ2) is 56.7. The Bertz CT molecular complexity index is 1230. The van der Waals surface area contributed by atoms with E-state index in [4.69, 9.17) is 14.2 Å². The number of unbranched alkanes of at least 4 members (excludes halogenated alkanes) is 32. The highest BCUT2D eigenvalue weighted by molar-refractivity contribution is 5.71. The van der Waals surface area contributed by atoms with E-state index in [1.54, 1.807) is 0 Å². The van der Waals surface area contributed by atoms with Gasteiger partial charge in [-0.1, -0.05) is 255 Å². The molecule has 0 aliphatic carbocycles. The molecule has 0 saturated heterocycles. The van der Waals surface area contributed by atoms with Crippen molar-refractivity contribution in [3.8, 4) is 0 Å². The van der Waals surface area contributed by atoms with Crippen molar-refractivity contribution in [2.45, 2.75) is 303 Å². The molecule has 0 aliphatic rings. The average Bonchev–Trinajstić information content (AvgIpc) is 3.34. The lowest BCUT2D eigenvalue weighted by Crippen LogP contribution is -2.30. The summed E-state index contributed by atoms with van der Waals surface area (Å²) in [5, 5.41) is 0. The van der Waals surface area contributed by atoms with Crippen LogP contribution in [0.4, 0.5) is 0 Å². The molecule has 0 rings (SSSR count). The minimum Gasteiger partial charge on any atom is -0.462 e. The minimum atomic E-state index is -0.779. The van der Waals surface area contributed by atoms with Gasteiger partial charge in [-0.3, -0.25) is 14.4 Å². The van der Waals surface area contributed by atoms with Gasteiger partial charge in [-0.05, 0) is 83.5 Å². The summed E-state index contributed by atoms with van der Waals surface area (Å²) in [4.78, 5) is 38.0. The number of hydrogen-bond donors (Lipinski definition) is 0. The Kier molecular flexibility index (Phi) is 54.3. The van der Waals surface area contributed by atoms with E-state index in [2.05, 4.69) is 81.5 Å². The van der Waals surface area contributed by atoms with E-state index in [1.807, 2.05) is 0 Å². The van der Waals surface area contributed by atoms with Gasteiger partial charge in [-0.25, -0.2) is 0 Å². The zero-order chi connectivity index (χ0) is 49.3. The summed E-state index contributed by atoms with van der Waals surface area (Å²) in [6, 6.07) is 0. The summed E-state index contributed by atoms with van der Waals surface area (Å²) in [5.41, 5.74) is 0. The second-order valence-electron chi connectivity index (χ2n) is 19.6. The molecule has 0 aromatic carbocycles. The molecule has 0 bridgehead atoms. The van der Waals surface area contributed by atoms with E-state index in [1.165, 1.54) is 161 Å². The molecule has 1 unspecified atom stereocenters. The minimum absolute atomic E-state index is 0.0781. The fraction of sp³-hybridized carbons (Fsp3) is 0.790. The van der Waals surface area contributed by atoms with Crippen LogP contribution >= 0.6 is 0 Å². The predicted octanol–water partition coefficient (Wildman–Crippen LogP) is 19.6. The van der Waals surface area contributed by atoms with Crippen LogP contribution in [0.15, 0.2) is 60.8 Å². The van der Waals surface area contributed by atoms with Gasteiger partial charge in [0.25, 0.3) is 0 Å². The van der Waals surface area contributed by atoms with Gasteiger partial charge in [0.1, 0.15) is 13.2 Å². The number of hydrogen-bond acceptors (Lipinski definition) is 6. The summed E-state index contributed by atoms with van der Waals surface area (Å²) in [6.07, 6.45) is 70.8. The average molecular weight is 952 g/mol. The smallest absolute Gasteiger partial charge is 0.306 e. The van der Waals surface area contributed by atoms with Crippen LogP contribution < -0.4 is 0 Å². The fourth-order valence-corrected chi connectivity index (χ4v) is 8.29. The van der Waals surface area contributed by atoms with E-state index < -0.39 is 6.10 Å². The summed E-state index contributed by atoms with van der Waals surface area (Å²) in [6.45, 7) is 6.57. The third-order valence-electron chi connectivity index (χ3n) is 12.7. The molecule has 0 fully saturated rings. The normalized spacial score (nSPS) is 12.5. The van der Waals surface area contributed by atoms with Crippen molar-refractivity contribution in [2.24, 2.45) is 0 Å². The summed E-state index contributed by atoms with van der Waals surface area (Å²) < 4.78 is 16.8. The Morgan fingerprint density at radius 3 is 0.868 bits per heavy atom. The van der Waals surface area contributed by atoms with Crippen molar-refractivity contribution in [3.63, 3.8) is 0 Å². The van der Waals surface area contributed by atoms with E-state index in [0.29, 0.717) is 19.3 Å². The van der Waals surface area contributed by atoms with E-state index >= 15 is 0 Å². The Hall–Kier alpha value is -2.89. The molecule has 0 amide bonds.